The summed E-state index contributed by atoms with van der Waals surface area (Å²) < 4.78 is 13.2. The van der Waals surface area contributed by atoms with E-state index in [1.165, 1.54) is 6.07 Å². The molecule has 0 radical (unpaired) electrons. The van der Waals surface area contributed by atoms with Crippen LogP contribution < -0.4 is 5.32 Å². The molecule has 0 bridgehead atoms. The maximum Gasteiger partial charge on any atom is 0.327 e. The number of carbonyl (C=O) groups is 2. The Balaban J connectivity index is 2.63. The van der Waals surface area contributed by atoms with Gasteiger partial charge in [-0.2, -0.15) is 11.8 Å². The van der Waals surface area contributed by atoms with E-state index in [0.717, 1.165) is 23.9 Å². The van der Waals surface area contributed by atoms with Crippen molar-refractivity contribution in [1.29, 1.82) is 0 Å². The van der Waals surface area contributed by atoms with Crippen molar-refractivity contribution in [2.45, 2.75) is 11.8 Å². The highest BCUT2D eigenvalue weighted by Crippen LogP contribution is 2.20. The van der Waals surface area contributed by atoms with Crippen molar-refractivity contribution in [1.82, 2.24) is 5.32 Å². The number of aliphatic carboxylic acids is 1. The fourth-order valence-corrected chi connectivity index (χ4v) is 2.38. The van der Waals surface area contributed by atoms with Crippen LogP contribution in [-0.2, 0) is 15.3 Å². The Morgan fingerprint density at radius 1 is 1.55 bits per heavy atom. The highest BCUT2D eigenvalue weighted by Gasteiger charge is 2.16. The topological polar surface area (TPSA) is 110 Å². The van der Waals surface area contributed by atoms with Crippen molar-refractivity contribution < 1.29 is 24.0 Å². The molecule has 0 spiro atoms. The summed E-state index contributed by atoms with van der Waals surface area (Å²) in [6, 6.07) is 2.12. The molecule has 9 heteroatoms. The molecular formula is C11H11FN2O5S. The van der Waals surface area contributed by atoms with E-state index >= 15 is 0 Å². The molecule has 0 aliphatic heterocycles. The normalized spacial score (nSPS) is 11.7. The quantitative estimate of drug-likeness (QED) is 0.424. The fourth-order valence-electron chi connectivity index (χ4n) is 1.39. The van der Waals surface area contributed by atoms with E-state index < -0.39 is 22.8 Å². The van der Waals surface area contributed by atoms with Gasteiger partial charge in [-0.15, -0.1) is 0 Å². The largest absolute Gasteiger partial charge is 0.480 e. The second-order valence-corrected chi connectivity index (χ2v) is 4.80. The van der Waals surface area contributed by atoms with Crippen LogP contribution in [0.25, 0.3) is 0 Å². The number of amides is 1. The second-order valence-electron chi connectivity index (χ2n) is 3.77. The Morgan fingerprint density at radius 2 is 2.25 bits per heavy atom. The summed E-state index contributed by atoms with van der Waals surface area (Å²) in [5, 5.41) is 21.5. The lowest BCUT2D eigenvalue weighted by Gasteiger charge is -2.10. The second kappa shape index (κ2) is 7.43. The molecule has 1 unspecified atom stereocenters. The van der Waals surface area contributed by atoms with Gasteiger partial charge in [0.25, 0.3) is 5.69 Å². The highest BCUT2D eigenvalue weighted by atomic mass is 32.2. The van der Waals surface area contributed by atoms with Gasteiger partial charge in [-0.25, -0.2) is 9.18 Å². The average molecular weight is 302 g/mol. The summed E-state index contributed by atoms with van der Waals surface area (Å²) in [4.78, 5) is 30.8. The lowest BCUT2D eigenvalue weighted by atomic mass is 10.2. The molecule has 2 N–H and O–H groups in total. The highest BCUT2D eigenvalue weighted by molar-refractivity contribution is 7.98. The van der Waals surface area contributed by atoms with Crippen LogP contribution in [0.4, 0.5) is 10.1 Å². The number of nitrogens with zero attached hydrogens (tertiary/aromatic N) is 1. The first-order valence-electron chi connectivity index (χ1n) is 5.38. The molecule has 0 aliphatic carbocycles. The third-order valence-corrected chi connectivity index (χ3v) is 3.38. The molecule has 1 aromatic rings. The van der Waals surface area contributed by atoms with Gasteiger partial charge in [0.2, 0.25) is 6.41 Å². The number of nitrogens with one attached hydrogen (secondary N) is 1. The molecular weight excluding hydrogens is 291 g/mol. The Kier molecular flexibility index (Phi) is 5.91. The van der Waals surface area contributed by atoms with Crippen molar-refractivity contribution in [3.05, 3.63) is 39.7 Å². The zero-order chi connectivity index (χ0) is 15.1. The number of rotatable bonds is 8. The van der Waals surface area contributed by atoms with Crippen LogP contribution >= 0.6 is 11.8 Å². The Labute approximate surface area is 117 Å². The van der Waals surface area contributed by atoms with Gasteiger partial charge in [-0.05, 0) is 11.6 Å². The van der Waals surface area contributed by atoms with Gasteiger partial charge in [-0.3, -0.25) is 14.9 Å². The van der Waals surface area contributed by atoms with Crippen LogP contribution in [0.2, 0.25) is 0 Å². The Hall–Kier alpha value is -2.16. The number of carboxylic acids is 1. The summed E-state index contributed by atoms with van der Waals surface area (Å²) in [6.45, 7) is 0. The monoisotopic (exact) mass is 302 g/mol. The van der Waals surface area contributed by atoms with Crippen molar-refractivity contribution in [3.63, 3.8) is 0 Å². The van der Waals surface area contributed by atoms with E-state index in [2.05, 4.69) is 5.32 Å². The fraction of sp³-hybridized carbons (Fsp3) is 0.273. The van der Waals surface area contributed by atoms with Crippen LogP contribution in [0.3, 0.4) is 0 Å². The number of halogens is 1. The molecule has 0 heterocycles. The lowest BCUT2D eigenvalue weighted by molar-refractivity contribution is -0.385. The lowest BCUT2D eigenvalue weighted by Crippen LogP contribution is -2.37. The minimum absolute atomic E-state index is 0.0678. The number of hydrogen-bond donors (Lipinski definition) is 2. The number of nitro benzene ring substituents is 1. The van der Waals surface area contributed by atoms with Gasteiger partial charge in [0.15, 0.2) is 0 Å². The molecule has 1 atom stereocenters. The number of nitro groups is 1. The first kappa shape index (κ1) is 15.9. The zero-order valence-corrected chi connectivity index (χ0v) is 10.9. The minimum atomic E-state index is -1.19. The van der Waals surface area contributed by atoms with Crippen LogP contribution in [0, 0.1) is 15.9 Å². The average Bonchev–Trinajstić information content (AvgIpc) is 2.36. The molecule has 0 fully saturated rings. The predicted octanol–water partition coefficient (Wildman–Crippen LogP) is 1.17. The van der Waals surface area contributed by atoms with Crippen LogP contribution in [0.1, 0.15) is 5.56 Å². The third-order valence-electron chi connectivity index (χ3n) is 2.27. The molecule has 7 nitrogen and oxygen atoms in total. The standard InChI is InChI=1S/C11H11FN2O5S/c12-8-1-7(2-9(3-8)14(18)19)4-20-5-10(11(16)17)13-6-15/h1-3,6,10H,4-5H2,(H,13,15)(H,16,17). The number of non-ortho nitro benzene ring substituents is 1. The number of benzene rings is 1. The van der Waals surface area contributed by atoms with E-state index in [1.807, 2.05) is 0 Å². The molecule has 108 valence electrons. The summed E-state index contributed by atoms with van der Waals surface area (Å²) in [5.74, 6) is -1.65. The van der Waals surface area contributed by atoms with Gasteiger partial charge in [-0.1, -0.05) is 0 Å². The summed E-state index contributed by atoms with van der Waals surface area (Å²) in [7, 11) is 0. The van der Waals surface area contributed by atoms with E-state index in [9.17, 15) is 24.1 Å². The van der Waals surface area contributed by atoms with Crippen LogP contribution in [-0.4, -0.2) is 34.2 Å². The van der Waals surface area contributed by atoms with Crippen molar-refractivity contribution in [2.24, 2.45) is 0 Å². The van der Waals surface area contributed by atoms with Gasteiger partial charge in [0.05, 0.1) is 11.0 Å². The summed E-state index contributed by atoms with van der Waals surface area (Å²) in [6.07, 6.45) is 0.284. The number of carboxylic acid groups (broad SMARTS) is 1. The SMILES string of the molecule is O=CNC(CSCc1cc(F)cc([N+](=O)[O-])c1)C(=O)O. The number of thioether (sulfide) groups is 1. The molecule has 1 amide bonds. The molecule has 0 aliphatic rings. The molecule has 0 aromatic heterocycles. The van der Waals surface area contributed by atoms with Gasteiger partial charge >= 0.3 is 5.97 Å². The van der Waals surface area contributed by atoms with Crippen molar-refractivity contribution in [3.8, 4) is 0 Å². The maximum absolute atomic E-state index is 13.2. The Morgan fingerprint density at radius 3 is 2.80 bits per heavy atom. The molecule has 1 aromatic carbocycles. The Bertz CT molecular complexity index is 526. The third kappa shape index (κ3) is 4.84. The first-order chi connectivity index (χ1) is 9.43. The van der Waals surface area contributed by atoms with E-state index in [0.29, 0.717) is 5.56 Å². The number of hydrogen-bond acceptors (Lipinski definition) is 5. The smallest absolute Gasteiger partial charge is 0.327 e. The molecule has 0 saturated heterocycles. The first-order valence-corrected chi connectivity index (χ1v) is 6.53. The van der Waals surface area contributed by atoms with E-state index in [-0.39, 0.29) is 23.6 Å². The molecule has 0 saturated carbocycles. The maximum atomic E-state index is 13.2. The minimum Gasteiger partial charge on any atom is -0.480 e. The van der Waals surface area contributed by atoms with Gasteiger partial charge in [0, 0.05) is 17.6 Å². The van der Waals surface area contributed by atoms with Crippen LogP contribution in [0.15, 0.2) is 18.2 Å². The zero-order valence-electron chi connectivity index (χ0n) is 10.1. The summed E-state index contributed by atoms with van der Waals surface area (Å²) >= 11 is 1.12. The van der Waals surface area contributed by atoms with Gasteiger partial charge < -0.3 is 10.4 Å². The van der Waals surface area contributed by atoms with E-state index in [1.54, 1.807) is 0 Å². The van der Waals surface area contributed by atoms with Crippen LogP contribution in [0.5, 0.6) is 0 Å². The number of carbonyl (C=O) groups excluding carboxylic acids is 1. The van der Waals surface area contributed by atoms with Gasteiger partial charge in [0.1, 0.15) is 11.9 Å². The summed E-state index contributed by atoms with van der Waals surface area (Å²) in [5.41, 5.74) is 0.0124. The molecule has 20 heavy (non-hydrogen) atoms. The predicted molar refractivity (Wildman–Crippen MR) is 69.8 cm³/mol. The molecule has 1 rings (SSSR count). The van der Waals surface area contributed by atoms with E-state index in [4.69, 9.17) is 5.11 Å². The van der Waals surface area contributed by atoms with Crippen molar-refractivity contribution in [2.75, 3.05) is 5.75 Å². The van der Waals surface area contributed by atoms with Crippen molar-refractivity contribution >= 4 is 29.8 Å².